The van der Waals surface area contributed by atoms with Crippen molar-refractivity contribution in [1.29, 1.82) is 0 Å². The average molecular weight is 340 g/mol. The normalized spacial score (nSPS) is 28.3. The first-order chi connectivity index (χ1) is 10.7. The van der Waals surface area contributed by atoms with Gasteiger partial charge in [-0.2, -0.15) is 8.42 Å². The van der Waals surface area contributed by atoms with Crippen LogP contribution in [-0.2, 0) is 24.0 Å². The van der Waals surface area contributed by atoms with Gasteiger partial charge in [-0.25, -0.2) is 0 Å². The third-order valence-electron chi connectivity index (χ3n) is 4.42. The van der Waals surface area contributed by atoms with E-state index >= 15 is 0 Å². The molecule has 2 rings (SSSR count). The quantitative estimate of drug-likeness (QED) is 0.765. The highest BCUT2D eigenvalue weighted by atomic mass is 32.2. The Morgan fingerprint density at radius 3 is 1.96 bits per heavy atom. The Bertz CT molecular complexity index is 676. The molecule has 2 atom stereocenters. The van der Waals surface area contributed by atoms with Crippen LogP contribution in [0.4, 0.5) is 0 Å². The lowest BCUT2D eigenvalue weighted by atomic mass is 9.91. The van der Waals surface area contributed by atoms with Gasteiger partial charge in [-0.1, -0.05) is 22.5 Å². The smallest absolute Gasteiger partial charge is 0.293 e. The molecule has 1 heterocycles. The number of Topliss-reactive ketones (excluding diaryl/α,β-unsaturated/α-hetero) is 2. The first-order valence-electron chi connectivity index (χ1n) is 7.56. The number of likely N-dealkylation sites (tertiary alicyclic amines) is 1. The van der Waals surface area contributed by atoms with Crippen molar-refractivity contribution in [3.05, 3.63) is 30.3 Å². The van der Waals surface area contributed by atoms with Gasteiger partial charge in [0.2, 0.25) is 0 Å². The number of likely N-dealkylation sites (N-methyl/N-ethyl adjacent to an activating group) is 1. The number of benzene rings is 1. The molecule has 0 aliphatic carbocycles. The van der Waals surface area contributed by atoms with Gasteiger partial charge in [0.1, 0.15) is 7.05 Å². The summed E-state index contributed by atoms with van der Waals surface area (Å²) >= 11 is 0. The molecule has 0 amide bonds. The van der Waals surface area contributed by atoms with Gasteiger partial charge in [0.05, 0.1) is 4.90 Å². The highest BCUT2D eigenvalue weighted by molar-refractivity contribution is 7.86. The van der Waals surface area contributed by atoms with Gasteiger partial charge in [0.15, 0.2) is 23.7 Å². The topological polar surface area (TPSA) is 77.5 Å². The van der Waals surface area contributed by atoms with Gasteiger partial charge < -0.3 is 0 Å². The molecule has 1 aromatic rings. The highest BCUT2D eigenvalue weighted by Gasteiger charge is 2.53. The first-order valence-corrected chi connectivity index (χ1v) is 8.97. The van der Waals surface area contributed by atoms with E-state index in [0.717, 1.165) is 0 Å². The van der Waals surface area contributed by atoms with Crippen LogP contribution in [0.25, 0.3) is 0 Å². The molecule has 1 aliphatic rings. The molecule has 126 valence electrons. The lowest BCUT2D eigenvalue weighted by Crippen LogP contribution is -2.65. The van der Waals surface area contributed by atoms with Crippen LogP contribution in [0.5, 0.6) is 0 Å². The minimum atomic E-state index is -4.08. The number of rotatable bonds is 5. The van der Waals surface area contributed by atoms with Crippen molar-refractivity contribution in [3.8, 4) is 0 Å². The summed E-state index contributed by atoms with van der Waals surface area (Å²) in [6, 6.07) is 6.41. The minimum Gasteiger partial charge on any atom is -0.293 e. The van der Waals surface area contributed by atoms with E-state index in [0.29, 0.717) is 19.3 Å². The number of quaternary nitrogens is 1. The van der Waals surface area contributed by atoms with Crippen LogP contribution in [-0.4, -0.2) is 43.8 Å². The van der Waals surface area contributed by atoms with Crippen molar-refractivity contribution >= 4 is 21.7 Å². The van der Waals surface area contributed by atoms with Gasteiger partial charge in [-0.3, -0.25) is 9.59 Å². The second kappa shape index (κ2) is 6.51. The predicted octanol–water partition coefficient (Wildman–Crippen LogP) is 1.85. The number of carbonyl (C=O) groups excluding carboxylic acids is 2. The average Bonchev–Trinajstić information content (AvgIpc) is 2.46. The van der Waals surface area contributed by atoms with Gasteiger partial charge in [-0.15, -0.1) is 4.65 Å². The number of hydrogen-bond acceptors (Lipinski definition) is 5. The summed E-state index contributed by atoms with van der Waals surface area (Å²) in [5.41, 5.74) is 0. The number of hydrogen-bond donors (Lipinski definition) is 0. The molecule has 1 aromatic carbocycles. The predicted molar refractivity (Wildman–Crippen MR) is 83.7 cm³/mol. The molecule has 0 radical (unpaired) electrons. The maximum absolute atomic E-state index is 12.6. The van der Waals surface area contributed by atoms with E-state index in [2.05, 4.69) is 0 Å². The van der Waals surface area contributed by atoms with Crippen LogP contribution in [0.15, 0.2) is 35.2 Å². The summed E-state index contributed by atoms with van der Waals surface area (Å²) in [5, 5.41) is 0. The monoisotopic (exact) mass is 340 g/mol. The minimum absolute atomic E-state index is 0.00882. The van der Waals surface area contributed by atoms with E-state index in [1.807, 2.05) is 0 Å². The Kier molecular flexibility index (Phi) is 5.03. The van der Waals surface area contributed by atoms with Crippen LogP contribution in [0.2, 0.25) is 0 Å². The zero-order chi connectivity index (χ0) is 17.3. The molecule has 0 saturated carbocycles. The molecular formula is C16H22NO5S+. The molecule has 0 bridgehead atoms. The Balaban J connectivity index is 2.45. The summed E-state index contributed by atoms with van der Waals surface area (Å²) in [6.45, 7) is 2.81. The number of nitrogens with zero attached hydrogens (tertiary/aromatic N) is 1. The van der Waals surface area contributed by atoms with E-state index in [-0.39, 0.29) is 16.5 Å². The maximum Gasteiger partial charge on any atom is 0.342 e. The molecule has 2 unspecified atom stereocenters. The largest absolute Gasteiger partial charge is 0.342 e. The summed E-state index contributed by atoms with van der Waals surface area (Å²) in [6.07, 6.45) is 1.69. The Labute approximate surface area is 136 Å². The molecule has 23 heavy (non-hydrogen) atoms. The van der Waals surface area contributed by atoms with Crippen molar-refractivity contribution in [1.82, 2.24) is 0 Å². The number of hydroxylamine groups is 3. The second-order valence-electron chi connectivity index (χ2n) is 6.08. The Hall–Kier alpha value is -1.57. The standard InChI is InChI=1S/C16H22NO5S/c1-12(18)15-10-7-11-16(13(2)19)17(15,3)22-23(20,21)14-8-5-4-6-9-14/h4-6,8-9,15-16H,7,10-11H2,1-3H3/q+1. The summed E-state index contributed by atoms with van der Waals surface area (Å²) in [4.78, 5) is 24.0. The lowest BCUT2D eigenvalue weighted by molar-refractivity contribution is -1.09. The van der Waals surface area contributed by atoms with Crippen molar-refractivity contribution in [2.24, 2.45) is 0 Å². The van der Waals surface area contributed by atoms with Crippen molar-refractivity contribution in [3.63, 3.8) is 0 Å². The maximum atomic E-state index is 12.6. The number of ketones is 2. The zero-order valence-electron chi connectivity index (χ0n) is 13.6. The molecule has 0 aromatic heterocycles. The molecule has 1 aliphatic heterocycles. The van der Waals surface area contributed by atoms with Crippen LogP contribution < -0.4 is 0 Å². The highest BCUT2D eigenvalue weighted by Crippen LogP contribution is 2.34. The Morgan fingerprint density at radius 2 is 1.52 bits per heavy atom. The third kappa shape index (κ3) is 3.52. The van der Waals surface area contributed by atoms with Gasteiger partial charge >= 0.3 is 10.1 Å². The van der Waals surface area contributed by atoms with Crippen molar-refractivity contribution < 1.29 is 26.9 Å². The Morgan fingerprint density at radius 1 is 1.04 bits per heavy atom. The van der Waals surface area contributed by atoms with Crippen LogP contribution in [0.3, 0.4) is 0 Å². The van der Waals surface area contributed by atoms with Gasteiger partial charge in [-0.05, 0) is 18.6 Å². The lowest BCUT2D eigenvalue weighted by Gasteiger charge is -2.43. The summed E-state index contributed by atoms with van der Waals surface area (Å²) < 4.78 is 30.1. The summed E-state index contributed by atoms with van der Waals surface area (Å²) in [7, 11) is -2.57. The van der Waals surface area contributed by atoms with E-state index in [1.54, 1.807) is 18.2 Å². The fourth-order valence-electron chi connectivity index (χ4n) is 3.31. The van der Waals surface area contributed by atoms with Gasteiger partial charge in [0, 0.05) is 26.7 Å². The fraction of sp³-hybridized carbons (Fsp3) is 0.500. The van der Waals surface area contributed by atoms with E-state index in [1.165, 1.54) is 33.0 Å². The molecule has 6 nitrogen and oxygen atoms in total. The van der Waals surface area contributed by atoms with Crippen molar-refractivity contribution in [2.45, 2.75) is 50.1 Å². The van der Waals surface area contributed by atoms with Crippen LogP contribution in [0.1, 0.15) is 33.1 Å². The van der Waals surface area contributed by atoms with Crippen LogP contribution >= 0.6 is 0 Å². The molecule has 1 saturated heterocycles. The first kappa shape index (κ1) is 17.8. The third-order valence-corrected chi connectivity index (χ3v) is 5.79. The summed E-state index contributed by atoms with van der Waals surface area (Å²) in [5.74, 6) is -0.358. The van der Waals surface area contributed by atoms with E-state index in [4.69, 9.17) is 4.28 Å². The van der Waals surface area contributed by atoms with Crippen molar-refractivity contribution in [2.75, 3.05) is 7.05 Å². The second-order valence-corrected chi connectivity index (χ2v) is 7.61. The van der Waals surface area contributed by atoms with E-state index in [9.17, 15) is 18.0 Å². The zero-order valence-corrected chi connectivity index (χ0v) is 14.4. The molecule has 0 N–H and O–H groups in total. The van der Waals surface area contributed by atoms with E-state index < -0.39 is 26.8 Å². The SMILES string of the molecule is CC(=O)C1CCCC(C(C)=O)[N+]1(C)OS(=O)(=O)c1ccccc1. The number of piperidine rings is 1. The fourth-order valence-corrected chi connectivity index (χ4v) is 4.52. The van der Waals surface area contributed by atoms with Gasteiger partial charge in [0.25, 0.3) is 0 Å². The van der Waals surface area contributed by atoms with Crippen LogP contribution in [0, 0.1) is 0 Å². The molecular weight excluding hydrogens is 318 g/mol. The number of carbonyl (C=O) groups is 2. The molecule has 1 fully saturated rings. The molecule has 7 heteroatoms. The molecule has 0 spiro atoms.